The van der Waals surface area contributed by atoms with Crippen LogP contribution in [-0.4, -0.2) is 38.1 Å². The van der Waals surface area contributed by atoms with Crippen molar-refractivity contribution < 1.29 is 22.7 Å². The largest absolute Gasteiger partial charge is 0.497 e. The molecule has 0 saturated heterocycles. The molecule has 0 aliphatic rings. The normalized spacial score (nSPS) is 12.4. The van der Waals surface area contributed by atoms with E-state index in [0.717, 1.165) is 10.9 Å². The standard InChI is InChI=1S/C27H28N2O5S/c1-3-34-27(30)25(28-18-20-10-6-4-7-11-20)16-21-19-29(26-17-22(33-2)14-15-24(21)26)35(31,32)23-12-8-5-9-13-23/h4-15,17,19,25,28H,3,16,18H2,1-2H3/t25-/m1/s1. The Morgan fingerprint density at radius 1 is 1.00 bits per heavy atom. The second-order valence-electron chi connectivity index (χ2n) is 8.03. The molecule has 0 saturated carbocycles. The van der Waals surface area contributed by atoms with Gasteiger partial charge in [-0.3, -0.25) is 4.79 Å². The van der Waals surface area contributed by atoms with E-state index >= 15 is 0 Å². The summed E-state index contributed by atoms with van der Waals surface area (Å²) in [7, 11) is -2.33. The van der Waals surface area contributed by atoms with Gasteiger partial charge in [0.2, 0.25) is 0 Å². The molecule has 0 spiro atoms. The molecule has 4 rings (SSSR count). The van der Waals surface area contributed by atoms with Crippen molar-refractivity contribution in [1.29, 1.82) is 0 Å². The molecule has 35 heavy (non-hydrogen) atoms. The molecule has 1 atom stereocenters. The van der Waals surface area contributed by atoms with E-state index in [0.29, 0.717) is 23.4 Å². The molecule has 0 aliphatic heterocycles. The number of carbonyl (C=O) groups is 1. The fourth-order valence-corrected chi connectivity index (χ4v) is 5.38. The summed E-state index contributed by atoms with van der Waals surface area (Å²) in [6.45, 7) is 2.49. The van der Waals surface area contributed by atoms with E-state index < -0.39 is 16.1 Å². The second kappa shape index (κ2) is 10.8. The number of hydrogen-bond acceptors (Lipinski definition) is 6. The summed E-state index contributed by atoms with van der Waals surface area (Å²) in [5.41, 5.74) is 2.22. The molecule has 1 aromatic heterocycles. The first-order valence-electron chi connectivity index (χ1n) is 11.4. The minimum absolute atomic E-state index is 0.176. The van der Waals surface area contributed by atoms with Gasteiger partial charge in [-0.25, -0.2) is 12.4 Å². The first-order valence-corrected chi connectivity index (χ1v) is 12.8. The number of rotatable bonds is 10. The molecule has 7 nitrogen and oxygen atoms in total. The van der Waals surface area contributed by atoms with E-state index in [1.165, 1.54) is 11.1 Å². The number of benzene rings is 3. The molecule has 0 fully saturated rings. The Bertz CT molecular complexity index is 1400. The van der Waals surface area contributed by atoms with E-state index in [2.05, 4.69) is 5.32 Å². The zero-order chi connectivity index (χ0) is 24.8. The Morgan fingerprint density at radius 3 is 2.34 bits per heavy atom. The van der Waals surface area contributed by atoms with Gasteiger partial charge in [0.1, 0.15) is 11.8 Å². The monoisotopic (exact) mass is 492 g/mol. The predicted molar refractivity (Wildman–Crippen MR) is 135 cm³/mol. The quantitative estimate of drug-likeness (QED) is 0.335. The van der Waals surface area contributed by atoms with Crippen LogP contribution in [0.1, 0.15) is 18.1 Å². The molecule has 8 heteroatoms. The number of aromatic nitrogens is 1. The van der Waals surface area contributed by atoms with Crippen molar-refractivity contribution in [3.8, 4) is 5.75 Å². The maximum absolute atomic E-state index is 13.5. The molecule has 0 aliphatic carbocycles. The highest BCUT2D eigenvalue weighted by molar-refractivity contribution is 7.90. The summed E-state index contributed by atoms with van der Waals surface area (Å²) < 4.78 is 38.9. The topological polar surface area (TPSA) is 86.6 Å². The van der Waals surface area contributed by atoms with Crippen LogP contribution < -0.4 is 10.1 Å². The zero-order valence-corrected chi connectivity index (χ0v) is 20.5. The summed E-state index contributed by atoms with van der Waals surface area (Å²) in [5.74, 6) is 0.152. The lowest BCUT2D eigenvalue weighted by molar-refractivity contribution is -0.145. The Hall–Kier alpha value is -3.62. The van der Waals surface area contributed by atoms with Gasteiger partial charge in [-0.15, -0.1) is 0 Å². The van der Waals surface area contributed by atoms with Gasteiger partial charge in [0.05, 0.1) is 24.1 Å². The van der Waals surface area contributed by atoms with E-state index in [1.807, 2.05) is 36.4 Å². The Labute approximate surface area is 205 Å². The summed E-state index contributed by atoms with van der Waals surface area (Å²) in [6, 6.07) is 22.6. The number of carbonyl (C=O) groups excluding carboxylic acids is 1. The highest BCUT2D eigenvalue weighted by Gasteiger charge is 2.26. The average Bonchev–Trinajstić information content (AvgIpc) is 3.26. The maximum atomic E-state index is 13.5. The van der Waals surface area contributed by atoms with Crippen LogP contribution in [0.3, 0.4) is 0 Å². The summed E-state index contributed by atoms with van der Waals surface area (Å²) in [6.07, 6.45) is 1.84. The molecular weight excluding hydrogens is 464 g/mol. The van der Waals surface area contributed by atoms with Crippen LogP contribution in [0.25, 0.3) is 10.9 Å². The summed E-state index contributed by atoms with van der Waals surface area (Å²) in [4.78, 5) is 13.0. The first-order chi connectivity index (χ1) is 16.9. The van der Waals surface area contributed by atoms with Crippen LogP contribution in [-0.2, 0) is 32.5 Å². The van der Waals surface area contributed by atoms with Crippen LogP contribution in [0.4, 0.5) is 0 Å². The van der Waals surface area contributed by atoms with Gasteiger partial charge in [0.15, 0.2) is 0 Å². The average molecular weight is 493 g/mol. The van der Waals surface area contributed by atoms with Gasteiger partial charge in [-0.1, -0.05) is 48.5 Å². The molecule has 0 radical (unpaired) electrons. The molecule has 3 aromatic carbocycles. The van der Waals surface area contributed by atoms with Crippen molar-refractivity contribution in [3.05, 3.63) is 96.2 Å². The number of fused-ring (bicyclic) bond motifs is 1. The highest BCUT2D eigenvalue weighted by Crippen LogP contribution is 2.30. The summed E-state index contributed by atoms with van der Waals surface area (Å²) >= 11 is 0. The van der Waals surface area contributed by atoms with E-state index in [4.69, 9.17) is 9.47 Å². The molecule has 0 amide bonds. The van der Waals surface area contributed by atoms with Crippen LogP contribution >= 0.6 is 0 Å². The maximum Gasteiger partial charge on any atom is 0.323 e. The van der Waals surface area contributed by atoms with Crippen LogP contribution in [0, 0.1) is 0 Å². The van der Waals surface area contributed by atoms with Crippen molar-refractivity contribution in [3.63, 3.8) is 0 Å². The number of ether oxygens (including phenoxy) is 2. The molecule has 182 valence electrons. The molecule has 0 unspecified atom stereocenters. The lowest BCUT2D eigenvalue weighted by Crippen LogP contribution is -2.39. The minimum Gasteiger partial charge on any atom is -0.497 e. The van der Waals surface area contributed by atoms with Gasteiger partial charge in [-0.2, -0.15) is 0 Å². The zero-order valence-electron chi connectivity index (χ0n) is 19.7. The van der Waals surface area contributed by atoms with Gasteiger partial charge in [0.25, 0.3) is 10.0 Å². The van der Waals surface area contributed by atoms with E-state index in [1.54, 1.807) is 55.6 Å². The molecule has 4 aromatic rings. The van der Waals surface area contributed by atoms with Gasteiger partial charge in [0, 0.05) is 30.6 Å². The minimum atomic E-state index is -3.87. The smallest absolute Gasteiger partial charge is 0.323 e. The van der Waals surface area contributed by atoms with Gasteiger partial charge in [-0.05, 0) is 42.3 Å². The van der Waals surface area contributed by atoms with E-state index in [9.17, 15) is 13.2 Å². The molecular formula is C27H28N2O5S. The van der Waals surface area contributed by atoms with Crippen molar-refractivity contribution in [2.45, 2.75) is 30.8 Å². The van der Waals surface area contributed by atoms with Crippen molar-refractivity contribution >= 4 is 26.9 Å². The first kappa shape index (κ1) is 24.5. The summed E-state index contributed by atoms with van der Waals surface area (Å²) in [5, 5.41) is 4.00. The van der Waals surface area contributed by atoms with E-state index in [-0.39, 0.29) is 23.9 Å². The van der Waals surface area contributed by atoms with Crippen LogP contribution in [0.5, 0.6) is 5.75 Å². The fraction of sp³-hybridized carbons (Fsp3) is 0.222. The predicted octanol–water partition coefficient (Wildman–Crippen LogP) is 4.15. The van der Waals surface area contributed by atoms with Crippen molar-refractivity contribution in [1.82, 2.24) is 9.29 Å². The lowest BCUT2D eigenvalue weighted by Gasteiger charge is -2.17. The Kier molecular flexibility index (Phi) is 7.53. The molecule has 1 N–H and O–H groups in total. The number of nitrogens with zero attached hydrogens (tertiary/aromatic N) is 1. The van der Waals surface area contributed by atoms with Gasteiger partial charge >= 0.3 is 5.97 Å². The van der Waals surface area contributed by atoms with Crippen LogP contribution in [0.15, 0.2) is 90.0 Å². The number of hydrogen-bond donors (Lipinski definition) is 1. The van der Waals surface area contributed by atoms with Crippen molar-refractivity contribution in [2.24, 2.45) is 0 Å². The SMILES string of the molecule is CCOC(=O)[C@@H](Cc1cn(S(=O)(=O)c2ccccc2)c2cc(OC)ccc12)NCc1ccccc1. The third-order valence-electron chi connectivity index (χ3n) is 5.75. The van der Waals surface area contributed by atoms with Crippen LogP contribution in [0.2, 0.25) is 0 Å². The lowest BCUT2D eigenvalue weighted by atomic mass is 10.0. The molecule has 1 heterocycles. The Balaban J connectivity index is 1.74. The Morgan fingerprint density at radius 2 is 1.69 bits per heavy atom. The number of esters is 1. The molecule has 0 bridgehead atoms. The highest BCUT2D eigenvalue weighted by atomic mass is 32.2. The van der Waals surface area contributed by atoms with Gasteiger partial charge < -0.3 is 14.8 Å². The third-order valence-corrected chi connectivity index (χ3v) is 7.44. The van der Waals surface area contributed by atoms with Crippen molar-refractivity contribution in [2.75, 3.05) is 13.7 Å². The number of nitrogens with one attached hydrogen (secondary N) is 1. The second-order valence-corrected chi connectivity index (χ2v) is 9.84. The number of methoxy groups -OCH3 is 1. The third kappa shape index (κ3) is 5.39. The fourth-order valence-electron chi connectivity index (χ4n) is 3.98.